The van der Waals surface area contributed by atoms with Gasteiger partial charge in [0.25, 0.3) is 0 Å². The molecule has 1 amide bonds. The van der Waals surface area contributed by atoms with Gasteiger partial charge in [-0.3, -0.25) is 9.52 Å². The minimum Gasteiger partial charge on any atom is -0.465 e. The summed E-state index contributed by atoms with van der Waals surface area (Å²) in [7, 11) is -2.54. The van der Waals surface area contributed by atoms with Crippen LogP contribution in [-0.2, 0) is 25.3 Å². The third kappa shape index (κ3) is 4.95. The third-order valence-electron chi connectivity index (χ3n) is 4.41. The normalized spacial score (nSPS) is 18.6. The van der Waals surface area contributed by atoms with Crippen molar-refractivity contribution in [2.75, 3.05) is 7.11 Å². The van der Waals surface area contributed by atoms with Gasteiger partial charge in [0.2, 0.25) is 15.9 Å². The van der Waals surface area contributed by atoms with Crippen LogP contribution in [0.25, 0.3) is 0 Å². The number of benzene rings is 2. The molecule has 3 rings (SSSR count). The molecule has 1 aliphatic carbocycles. The van der Waals surface area contributed by atoms with E-state index in [1.54, 1.807) is 0 Å². The van der Waals surface area contributed by atoms with Crippen LogP contribution in [-0.4, -0.2) is 27.4 Å². The van der Waals surface area contributed by atoms with E-state index >= 15 is 0 Å². The first kappa shape index (κ1) is 19.6. The van der Waals surface area contributed by atoms with Gasteiger partial charge < -0.3 is 4.74 Å². The van der Waals surface area contributed by atoms with Crippen LogP contribution in [0.5, 0.6) is 0 Å². The van der Waals surface area contributed by atoms with E-state index in [0.717, 1.165) is 10.0 Å². The first-order chi connectivity index (χ1) is 12.8. The highest BCUT2D eigenvalue weighted by atomic mass is 79.9. The van der Waals surface area contributed by atoms with Crippen LogP contribution in [0.4, 0.5) is 0 Å². The van der Waals surface area contributed by atoms with E-state index in [1.165, 1.54) is 31.4 Å². The van der Waals surface area contributed by atoms with Crippen LogP contribution in [0.2, 0.25) is 0 Å². The average molecular weight is 452 g/mol. The van der Waals surface area contributed by atoms with Crippen molar-refractivity contribution < 1.29 is 22.7 Å². The van der Waals surface area contributed by atoms with Crippen molar-refractivity contribution >= 4 is 37.8 Å². The number of amides is 1. The summed E-state index contributed by atoms with van der Waals surface area (Å²) in [5.74, 6) is -1.59. The zero-order valence-electron chi connectivity index (χ0n) is 14.5. The zero-order valence-corrected chi connectivity index (χ0v) is 16.9. The van der Waals surface area contributed by atoms with Gasteiger partial charge in [0, 0.05) is 10.4 Å². The molecule has 0 saturated heterocycles. The van der Waals surface area contributed by atoms with Gasteiger partial charge >= 0.3 is 5.97 Å². The van der Waals surface area contributed by atoms with E-state index < -0.39 is 21.9 Å². The Morgan fingerprint density at radius 2 is 1.74 bits per heavy atom. The molecule has 142 valence electrons. The van der Waals surface area contributed by atoms with Crippen LogP contribution in [0.3, 0.4) is 0 Å². The molecular formula is C19H18BrNO5S. The molecular weight excluding hydrogens is 434 g/mol. The number of esters is 1. The van der Waals surface area contributed by atoms with Gasteiger partial charge in [0.15, 0.2) is 0 Å². The van der Waals surface area contributed by atoms with Crippen LogP contribution in [0.15, 0.2) is 53.0 Å². The number of halogens is 1. The fourth-order valence-corrected chi connectivity index (χ4v) is 4.33. The highest BCUT2D eigenvalue weighted by Crippen LogP contribution is 2.47. The summed E-state index contributed by atoms with van der Waals surface area (Å²) in [5.41, 5.74) is 1.83. The third-order valence-corrected chi connectivity index (χ3v) is 6.17. The Hall–Kier alpha value is -2.19. The maximum absolute atomic E-state index is 12.3. The fourth-order valence-electron chi connectivity index (χ4n) is 2.90. The van der Waals surface area contributed by atoms with Crippen molar-refractivity contribution in [3.05, 3.63) is 69.7 Å². The minimum atomic E-state index is -3.81. The highest BCUT2D eigenvalue weighted by Gasteiger charge is 2.44. The van der Waals surface area contributed by atoms with Gasteiger partial charge in [0.05, 0.1) is 18.4 Å². The number of nitrogens with one attached hydrogen (secondary N) is 1. The van der Waals surface area contributed by atoms with E-state index in [4.69, 9.17) is 0 Å². The molecule has 6 nitrogen and oxygen atoms in total. The Kier molecular flexibility index (Phi) is 5.67. The number of methoxy groups -OCH3 is 1. The molecule has 1 fully saturated rings. The van der Waals surface area contributed by atoms with Gasteiger partial charge in [-0.1, -0.05) is 40.2 Å². The molecule has 0 bridgehead atoms. The van der Waals surface area contributed by atoms with Gasteiger partial charge in [-0.15, -0.1) is 0 Å². The van der Waals surface area contributed by atoms with Crippen LogP contribution in [0, 0.1) is 5.92 Å². The van der Waals surface area contributed by atoms with Gasteiger partial charge in [0.1, 0.15) is 0 Å². The van der Waals surface area contributed by atoms with Crippen molar-refractivity contribution in [3.63, 3.8) is 0 Å². The van der Waals surface area contributed by atoms with Gasteiger partial charge in [-0.25, -0.2) is 13.2 Å². The molecule has 0 heterocycles. The predicted octanol–water partition coefficient (Wildman–Crippen LogP) is 2.99. The Labute approximate surface area is 166 Å². The zero-order chi connectivity index (χ0) is 19.6. The number of sulfonamides is 1. The number of carbonyl (C=O) groups excluding carboxylic acids is 2. The lowest BCUT2D eigenvalue weighted by Gasteiger charge is -2.08. The summed E-state index contributed by atoms with van der Waals surface area (Å²) in [6, 6.07) is 13.7. The lowest BCUT2D eigenvalue weighted by Crippen LogP contribution is -2.33. The highest BCUT2D eigenvalue weighted by molar-refractivity contribution is 9.10. The molecule has 27 heavy (non-hydrogen) atoms. The molecule has 0 spiro atoms. The Morgan fingerprint density at radius 3 is 2.33 bits per heavy atom. The van der Waals surface area contributed by atoms with E-state index in [2.05, 4.69) is 25.4 Å². The Bertz CT molecular complexity index is 955. The number of ether oxygens (including phenoxy) is 1. The topological polar surface area (TPSA) is 89.5 Å². The van der Waals surface area contributed by atoms with Crippen molar-refractivity contribution in [1.82, 2.24) is 4.72 Å². The molecule has 0 aliphatic heterocycles. The number of rotatable bonds is 6. The molecule has 0 unspecified atom stereocenters. The van der Waals surface area contributed by atoms with Crippen LogP contribution in [0.1, 0.15) is 33.8 Å². The summed E-state index contributed by atoms with van der Waals surface area (Å²) in [5, 5.41) is 0. The summed E-state index contributed by atoms with van der Waals surface area (Å²) >= 11 is 3.36. The SMILES string of the molecule is COC(=O)c1ccc(CS(=O)(=O)NC(=O)[C@@H]2C[C@H]2c2ccc(Br)cc2)cc1. The van der Waals surface area contributed by atoms with Crippen molar-refractivity contribution in [3.8, 4) is 0 Å². The average Bonchev–Trinajstić information content (AvgIpc) is 3.42. The Balaban J connectivity index is 1.59. The van der Waals surface area contributed by atoms with Crippen molar-refractivity contribution in [2.45, 2.75) is 18.1 Å². The molecule has 2 atom stereocenters. The summed E-state index contributed by atoms with van der Waals surface area (Å²) in [6.45, 7) is 0. The molecule has 2 aromatic rings. The van der Waals surface area contributed by atoms with Crippen molar-refractivity contribution in [1.29, 1.82) is 0 Å². The molecule has 8 heteroatoms. The van der Waals surface area contributed by atoms with Crippen LogP contribution < -0.4 is 4.72 Å². The van der Waals surface area contributed by atoms with Gasteiger partial charge in [-0.2, -0.15) is 0 Å². The fraction of sp³-hybridized carbons (Fsp3) is 0.263. The lowest BCUT2D eigenvalue weighted by molar-refractivity contribution is -0.120. The molecule has 1 saturated carbocycles. The first-order valence-electron chi connectivity index (χ1n) is 8.26. The number of hydrogen-bond donors (Lipinski definition) is 1. The molecule has 0 radical (unpaired) electrons. The molecule has 2 aromatic carbocycles. The van der Waals surface area contributed by atoms with E-state index in [-0.39, 0.29) is 17.6 Å². The quantitative estimate of drug-likeness (QED) is 0.681. The standard InChI is InChI=1S/C19H18BrNO5S/c1-26-19(23)14-4-2-12(3-5-14)11-27(24,25)21-18(22)17-10-16(17)13-6-8-15(20)9-7-13/h2-9,16-17H,10-11H2,1H3,(H,21,22)/t16-,17+/m0/s1. The predicted molar refractivity (Wildman–Crippen MR) is 104 cm³/mol. The maximum atomic E-state index is 12.3. The second-order valence-corrected chi connectivity index (χ2v) is 9.05. The largest absolute Gasteiger partial charge is 0.465 e. The Morgan fingerprint density at radius 1 is 1.11 bits per heavy atom. The number of hydrogen-bond acceptors (Lipinski definition) is 5. The van der Waals surface area contributed by atoms with Crippen molar-refractivity contribution in [2.24, 2.45) is 5.92 Å². The first-order valence-corrected chi connectivity index (χ1v) is 10.7. The smallest absolute Gasteiger partial charge is 0.337 e. The monoisotopic (exact) mass is 451 g/mol. The number of carbonyl (C=O) groups is 2. The minimum absolute atomic E-state index is 0.0487. The summed E-state index contributed by atoms with van der Waals surface area (Å²) < 4.78 is 32.3. The molecule has 0 aromatic heterocycles. The lowest BCUT2D eigenvalue weighted by atomic mass is 10.1. The molecule has 1 aliphatic rings. The summed E-state index contributed by atoms with van der Waals surface area (Å²) in [4.78, 5) is 23.7. The van der Waals surface area contributed by atoms with E-state index in [0.29, 0.717) is 17.5 Å². The second kappa shape index (κ2) is 7.82. The van der Waals surface area contributed by atoms with Crippen LogP contribution >= 0.6 is 15.9 Å². The second-order valence-electron chi connectivity index (χ2n) is 6.41. The van der Waals surface area contributed by atoms with E-state index in [9.17, 15) is 18.0 Å². The summed E-state index contributed by atoms with van der Waals surface area (Å²) in [6.07, 6.45) is 0.636. The molecule has 1 N–H and O–H groups in total. The maximum Gasteiger partial charge on any atom is 0.337 e. The van der Waals surface area contributed by atoms with E-state index in [1.807, 2.05) is 24.3 Å². The van der Waals surface area contributed by atoms with Gasteiger partial charge in [-0.05, 0) is 47.7 Å².